The van der Waals surface area contributed by atoms with Crippen LogP contribution in [0.1, 0.15) is 56.8 Å². The summed E-state index contributed by atoms with van der Waals surface area (Å²) in [5.74, 6) is 2.98. The number of nitrogens with zero attached hydrogens (tertiary/aromatic N) is 3. The molecule has 1 heterocycles. The highest BCUT2D eigenvalue weighted by molar-refractivity contribution is 7.99. The normalized spacial score (nSPS) is 28.8. The van der Waals surface area contributed by atoms with Crippen molar-refractivity contribution in [2.45, 2.75) is 56.2 Å². The van der Waals surface area contributed by atoms with Crippen LogP contribution < -0.4 is 0 Å². The lowest BCUT2D eigenvalue weighted by Gasteiger charge is -2.15. The monoisotopic (exact) mass is 271 g/mol. The molecule has 2 saturated carbocycles. The lowest BCUT2D eigenvalue weighted by molar-refractivity contribution is 0.498. The van der Waals surface area contributed by atoms with Crippen LogP contribution in [0.4, 0.5) is 0 Å². The first-order valence-corrected chi connectivity index (χ1v) is 7.94. The summed E-state index contributed by atoms with van der Waals surface area (Å²) in [5, 5.41) is 9.73. The van der Waals surface area contributed by atoms with Crippen molar-refractivity contribution in [1.82, 2.24) is 14.8 Å². The molecule has 2 aliphatic carbocycles. The topological polar surface area (TPSA) is 30.7 Å². The van der Waals surface area contributed by atoms with E-state index in [1.165, 1.54) is 37.9 Å². The minimum absolute atomic E-state index is 0.539. The maximum atomic E-state index is 6.20. The lowest BCUT2D eigenvalue weighted by atomic mass is 10.2. The van der Waals surface area contributed by atoms with Crippen molar-refractivity contribution in [2.24, 2.45) is 0 Å². The zero-order valence-electron chi connectivity index (χ0n) is 10.1. The van der Waals surface area contributed by atoms with Gasteiger partial charge in [-0.05, 0) is 49.5 Å². The second-order valence-electron chi connectivity index (χ2n) is 5.02. The Morgan fingerprint density at radius 3 is 2.82 bits per heavy atom. The number of thioether (sulfide) groups is 1. The van der Waals surface area contributed by atoms with Gasteiger partial charge in [-0.1, -0.05) is 6.92 Å². The van der Waals surface area contributed by atoms with Crippen LogP contribution in [0.2, 0.25) is 5.28 Å². The standard InChI is InChI=1S/C12H18ClN3S/c1-2-17-10-6-5-9(7-10)16-11(8-3-4-8)14-15-12(16)13/h8-10H,2-7H2,1H3. The molecule has 2 aliphatic rings. The first-order valence-electron chi connectivity index (χ1n) is 6.51. The maximum absolute atomic E-state index is 6.20. The van der Waals surface area contributed by atoms with Crippen molar-refractivity contribution in [1.29, 1.82) is 0 Å². The SMILES string of the molecule is CCSC1CCC(n2c(Cl)nnc2C2CC2)C1. The average Bonchev–Trinajstić information content (AvgIpc) is 2.94. The summed E-state index contributed by atoms with van der Waals surface area (Å²) in [7, 11) is 0. The zero-order valence-corrected chi connectivity index (χ0v) is 11.7. The molecule has 0 N–H and O–H groups in total. The Morgan fingerprint density at radius 2 is 2.12 bits per heavy atom. The van der Waals surface area contributed by atoms with Crippen LogP contribution in [0.15, 0.2) is 0 Å². The Kier molecular flexibility index (Phi) is 3.35. The molecule has 0 amide bonds. The highest BCUT2D eigenvalue weighted by atomic mass is 35.5. The van der Waals surface area contributed by atoms with Gasteiger partial charge in [0.1, 0.15) is 5.82 Å². The van der Waals surface area contributed by atoms with E-state index in [-0.39, 0.29) is 0 Å². The number of halogens is 1. The van der Waals surface area contributed by atoms with E-state index in [0.717, 1.165) is 11.1 Å². The molecule has 0 aromatic carbocycles. The number of hydrogen-bond acceptors (Lipinski definition) is 3. The molecule has 2 fully saturated rings. The molecule has 3 rings (SSSR count). The fourth-order valence-electron chi connectivity index (χ4n) is 2.78. The second-order valence-corrected chi connectivity index (χ2v) is 6.93. The molecule has 2 atom stereocenters. The molecule has 1 aromatic heterocycles. The summed E-state index contributed by atoms with van der Waals surface area (Å²) in [5.41, 5.74) is 0. The van der Waals surface area contributed by atoms with Gasteiger partial charge in [0.2, 0.25) is 5.28 Å². The molecule has 5 heteroatoms. The van der Waals surface area contributed by atoms with Gasteiger partial charge in [0.15, 0.2) is 0 Å². The first-order chi connectivity index (χ1) is 8.29. The Morgan fingerprint density at radius 1 is 1.29 bits per heavy atom. The molecule has 0 bridgehead atoms. The van der Waals surface area contributed by atoms with Crippen LogP contribution in [0.3, 0.4) is 0 Å². The van der Waals surface area contributed by atoms with Crippen molar-refractivity contribution in [3.05, 3.63) is 11.1 Å². The fourth-order valence-corrected chi connectivity index (χ4v) is 4.17. The maximum Gasteiger partial charge on any atom is 0.225 e. The van der Waals surface area contributed by atoms with E-state index in [9.17, 15) is 0 Å². The first kappa shape index (κ1) is 11.8. The summed E-state index contributed by atoms with van der Waals surface area (Å²) < 4.78 is 2.22. The van der Waals surface area contributed by atoms with Gasteiger partial charge in [-0.3, -0.25) is 4.57 Å². The smallest absolute Gasteiger partial charge is 0.225 e. The van der Waals surface area contributed by atoms with Crippen molar-refractivity contribution in [2.75, 3.05) is 5.75 Å². The second kappa shape index (κ2) is 4.81. The highest BCUT2D eigenvalue weighted by Crippen LogP contribution is 2.44. The van der Waals surface area contributed by atoms with Crippen LogP contribution in [-0.2, 0) is 0 Å². The number of rotatable bonds is 4. The molecule has 1 aromatic rings. The van der Waals surface area contributed by atoms with E-state index in [0.29, 0.717) is 17.2 Å². The van der Waals surface area contributed by atoms with E-state index in [1.54, 1.807) is 0 Å². The summed E-state index contributed by atoms with van der Waals surface area (Å²) in [6, 6.07) is 0.539. The minimum Gasteiger partial charge on any atom is -0.298 e. The van der Waals surface area contributed by atoms with Gasteiger partial charge in [-0.25, -0.2) is 0 Å². The van der Waals surface area contributed by atoms with E-state index < -0.39 is 0 Å². The molecule has 0 saturated heterocycles. The summed E-state index contributed by atoms with van der Waals surface area (Å²) >= 11 is 8.28. The third-order valence-corrected chi connectivity index (χ3v) is 5.24. The average molecular weight is 272 g/mol. The van der Waals surface area contributed by atoms with Crippen molar-refractivity contribution in [3.63, 3.8) is 0 Å². The molecular weight excluding hydrogens is 254 g/mol. The molecule has 17 heavy (non-hydrogen) atoms. The molecule has 3 nitrogen and oxygen atoms in total. The van der Waals surface area contributed by atoms with E-state index in [1.807, 2.05) is 0 Å². The van der Waals surface area contributed by atoms with Crippen molar-refractivity contribution >= 4 is 23.4 Å². The number of hydrogen-bond donors (Lipinski definition) is 0. The van der Waals surface area contributed by atoms with Gasteiger partial charge in [-0.15, -0.1) is 10.2 Å². The van der Waals surface area contributed by atoms with Crippen LogP contribution in [0.25, 0.3) is 0 Å². The third kappa shape index (κ3) is 2.34. The van der Waals surface area contributed by atoms with Gasteiger partial charge in [0, 0.05) is 17.2 Å². The zero-order chi connectivity index (χ0) is 11.8. The molecule has 0 spiro atoms. The summed E-state index contributed by atoms with van der Waals surface area (Å²) in [6.07, 6.45) is 6.29. The van der Waals surface area contributed by atoms with Gasteiger partial charge in [-0.2, -0.15) is 11.8 Å². The number of aromatic nitrogens is 3. The largest absolute Gasteiger partial charge is 0.298 e. The van der Waals surface area contributed by atoms with E-state index in [2.05, 4.69) is 33.5 Å². The molecule has 2 unspecified atom stereocenters. The molecular formula is C12H18ClN3S. The van der Waals surface area contributed by atoms with Crippen LogP contribution in [0.5, 0.6) is 0 Å². The predicted molar refractivity (Wildman–Crippen MR) is 71.8 cm³/mol. The molecule has 94 valence electrons. The highest BCUT2D eigenvalue weighted by Gasteiger charge is 2.35. The molecule has 0 radical (unpaired) electrons. The Labute approximate surface area is 111 Å². The van der Waals surface area contributed by atoms with Gasteiger partial charge < -0.3 is 0 Å². The van der Waals surface area contributed by atoms with Gasteiger partial charge in [0.05, 0.1) is 0 Å². The quantitative estimate of drug-likeness (QED) is 0.837. The van der Waals surface area contributed by atoms with Gasteiger partial charge in [0.25, 0.3) is 0 Å². The van der Waals surface area contributed by atoms with Crippen LogP contribution in [-0.4, -0.2) is 25.8 Å². The van der Waals surface area contributed by atoms with Crippen molar-refractivity contribution < 1.29 is 0 Å². The van der Waals surface area contributed by atoms with Crippen LogP contribution >= 0.6 is 23.4 Å². The van der Waals surface area contributed by atoms with Crippen molar-refractivity contribution in [3.8, 4) is 0 Å². The van der Waals surface area contributed by atoms with Gasteiger partial charge >= 0.3 is 0 Å². The summed E-state index contributed by atoms with van der Waals surface area (Å²) in [6.45, 7) is 2.24. The Hall–Kier alpha value is -0.220. The van der Waals surface area contributed by atoms with E-state index >= 15 is 0 Å². The summed E-state index contributed by atoms with van der Waals surface area (Å²) in [4.78, 5) is 0. The van der Waals surface area contributed by atoms with E-state index in [4.69, 9.17) is 11.6 Å². The Bertz CT molecular complexity index is 402. The molecule has 0 aliphatic heterocycles. The minimum atomic E-state index is 0.539. The predicted octanol–water partition coefficient (Wildman–Crippen LogP) is 3.66. The van der Waals surface area contributed by atoms with Crippen LogP contribution in [0, 0.1) is 0 Å². The fraction of sp³-hybridized carbons (Fsp3) is 0.833. The third-order valence-electron chi connectivity index (χ3n) is 3.75. The Balaban J connectivity index is 1.77. The lowest BCUT2D eigenvalue weighted by Crippen LogP contribution is -2.10.